The van der Waals surface area contributed by atoms with E-state index in [9.17, 15) is 0 Å². The number of hydrogen-bond donors (Lipinski definition) is 1. The first kappa shape index (κ1) is 13.1. The van der Waals surface area contributed by atoms with E-state index in [1.165, 1.54) is 32.4 Å². The molecule has 2 aromatic heterocycles. The molecule has 2 N–H and O–H groups in total. The maximum absolute atomic E-state index is 5.96. The van der Waals surface area contributed by atoms with E-state index in [1.807, 2.05) is 24.7 Å². The molecule has 3 heterocycles. The number of hydrogen-bond acceptors (Lipinski definition) is 4. The van der Waals surface area contributed by atoms with Gasteiger partial charge in [-0.2, -0.15) is 0 Å². The van der Waals surface area contributed by atoms with E-state index < -0.39 is 0 Å². The molecule has 3 rings (SSSR count). The summed E-state index contributed by atoms with van der Waals surface area (Å²) >= 11 is 0. The first-order chi connectivity index (χ1) is 9.84. The Kier molecular flexibility index (Phi) is 3.97. The summed E-state index contributed by atoms with van der Waals surface area (Å²) in [6.07, 6.45) is 9.49. The number of likely N-dealkylation sites (tertiary alicyclic amines) is 1. The van der Waals surface area contributed by atoms with Crippen molar-refractivity contribution < 1.29 is 0 Å². The first-order valence-electron chi connectivity index (χ1n) is 7.28. The lowest BCUT2D eigenvalue weighted by atomic mass is 10.1. The van der Waals surface area contributed by atoms with Crippen molar-refractivity contribution in [2.24, 2.45) is 0 Å². The van der Waals surface area contributed by atoms with Gasteiger partial charge in [0.2, 0.25) is 0 Å². The fourth-order valence-corrected chi connectivity index (χ4v) is 2.79. The molecule has 0 saturated carbocycles. The molecule has 1 saturated heterocycles. The van der Waals surface area contributed by atoms with E-state index in [0.717, 1.165) is 24.3 Å². The number of imidazole rings is 1. The van der Waals surface area contributed by atoms with Gasteiger partial charge >= 0.3 is 0 Å². The van der Waals surface area contributed by atoms with Gasteiger partial charge in [0.1, 0.15) is 5.82 Å². The molecule has 0 aliphatic carbocycles. The van der Waals surface area contributed by atoms with Crippen LogP contribution in [0.15, 0.2) is 30.9 Å². The summed E-state index contributed by atoms with van der Waals surface area (Å²) in [6.45, 7) is 4.46. The largest absolute Gasteiger partial charge is 0.383 e. The number of nitrogen functional groups attached to an aromatic ring is 1. The van der Waals surface area contributed by atoms with Gasteiger partial charge in [-0.05, 0) is 38.1 Å². The summed E-state index contributed by atoms with van der Waals surface area (Å²) in [7, 11) is 0. The lowest BCUT2D eigenvalue weighted by Crippen LogP contribution is -2.32. The van der Waals surface area contributed by atoms with Crippen molar-refractivity contribution in [3.8, 4) is 11.3 Å². The van der Waals surface area contributed by atoms with E-state index >= 15 is 0 Å². The van der Waals surface area contributed by atoms with Crippen molar-refractivity contribution in [3.63, 3.8) is 0 Å². The summed E-state index contributed by atoms with van der Waals surface area (Å²) in [5.41, 5.74) is 7.97. The molecule has 0 amide bonds. The lowest BCUT2D eigenvalue weighted by Gasteiger charge is -2.26. The Labute approximate surface area is 119 Å². The van der Waals surface area contributed by atoms with Gasteiger partial charge in [-0.15, -0.1) is 0 Å². The van der Waals surface area contributed by atoms with Crippen LogP contribution >= 0.6 is 0 Å². The van der Waals surface area contributed by atoms with Gasteiger partial charge in [-0.1, -0.05) is 6.42 Å². The van der Waals surface area contributed by atoms with Crippen LogP contribution in [0.1, 0.15) is 19.3 Å². The molecule has 106 valence electrons. The molecular formula is C15H21N5. The van der Waals surface area contributed by atoms with Gasteiger partial charge in [0.05, 0.1) is 18.2 Å². The number of nitrogens with zero attached hydrogens (tertiary/aromatic N) is 4. The smallest absolute Gasteiger partial charge is 0.132 e. The second-order valence-corrected chi connectivity index (χ2v) is 5.31. The van der Waals surface area contributed by atoms with Gasteiger partial charge in [0.15, 0.2) is 0 Å². The fraction of sp³-hybridized carbons (Fsp3) is 0.467. The minimum Gasteiger partial charge on any atom is -0.383 e. The molecule has 2 aromatic rings. The second kappa shape index (κ2) is 6.05. The number of rotatable bonds is 4. The minimum atomic E-state index is 0.562. The average molecular weight is 271 g/mol. The Morgan fingerprint density at radius 1 is 1.15 bits per heavy atom. The molecule has 0 unspecified atom stereocenters. The zero-order valence-corrected chi connectivity index (χ0v) is 11.7. The second-order valence-electron chi connectivity index (χ2n) is 5.31. The first-order valence-corrected chi connectivity index (χ1v) is 7.28. The molecule has 1 fully saturated rings. The van der Waals surface area contributed by atoms with Crippen LogP contribution in [0.25, 0.3) is 11.3 Å². The summed E-state index contributed by atoms with van der Waals surface area (Å²) in [5.74, 6) is 0.562. The molecule has 0 bridgehead atoms. The van der Waals surface area contributed by atoms with Crippen molar-refractivity contribution in [2.45, 2.75) is 25.8 Å². The van der Waals surface area contributed by atoms with Crippen LogP contribution in [-0.2, 0) is 6.54 Å². The number of nitrogens with two attached hydrogens (primary N) is 1. The molecule has 1 aliphatic heterocycles. The van der Waals surface area contributed by atoms with E-state index in [2.05, 4.69) is 19.4 Å². The van der Waals surface area contributed by atoms with Gasteiger partial charge in [0.25, 0.3) is 0 Å². The average Bonchev–Trinajstić information content (AvgIpc) is 2.95. The maximum atomic E-state index is 5.96. The zero-order chi connectivity index (χ0) is 13.8. The third kappa shape index (κ3) is 2.82. The number of pyridine rings is 1. The Hall–Kier alpha value is -1.88. The Bertz CT molecular complexity index is 557. The van der Waals surface area contributed by atoms with Gasteiger partial charge in [-0.25, -0.2) is 9.97 Å². The molecule has 5 heteroatoms. The van der Waals surface area contributed by atoms with Gasteiger partial charge < -0.3 is 15.2 Å². The highest BCUT2D eigenvalue weighted by Crippen LogP contribution is 2.23. The van der Waals surface area contributed by atoms with Gasteiger partial charge in [0, 0.05) is 24.8 Å². The third-order valence-electron chi connectivity index (χ3n) is 3.93. The molecule has 0 spiro atoms. The molecule has 1 aliphatic rings. The van der Waals surface area contributed by atoms with Crippen LogP contribution in [0.5, 0.6) is 0 Å². The molecular weight excluding hydrogens is 250 g/mol. The third-order valence-corrected chi connectivity index (χ3v) is 3.93. The molecule has 0 aromatic carbocycles. The molecule has 0 atom stereocenters. The lowest BCUT2D eigenvalue weighted by molar-refractivity contribution is 0.221. The van der Waals surface area contributed by atoms with Crippen molar-refractivity contribution in [2.75, 3.05) is 25.4 Å². The van der Waals surface area contributed by atoms with E-state index in [1.54, 1.807) is 6.20 Å². The number of aromatic nitrogens is 3. The van der Waals surface area contributed by atoms with Gasteiger partial charge in [-0.3, -0.25) is 0 Å². The summed E-state index contributed by atoms with van der Waals surface area (Å²) in [5, 5.41) is 0. The van der Waals surface area contributed by atoms with Crippen molar-refractivity contribution in [3.05, 3.63) is 30.9 Å². The van der Waals surface area contributed by atoms with Crippen molar-refractivity contribution in [1.82, 2.24) is 19.4 Å². The van der Waals surface area contributed by atoms with Crippen molar-refractivity contribution in [1.29, 1.82) is 0 Å². The summed E-state index contributed by atoms with van der Waals surface area (Å²) in [6, 6.07) is 3.91. The van der Waals surface area contributed by atoms with Crippen LogP contribution in [-0.4, -0.2) is 39.1 Å². The van der Waals surface area contributed by atoms with Crippen LogP contribution in [0.2, 0.25) is 0 Å². The Morgan fingerprint density at radius 2 is 2.00 bits per heavy atom. The SMILES string of the molecule is Nc1ncccc1-c1cncn1CCN1CCCCC1. The Morgan fingerprint density at radius 3 is 2.80 bits per heavy atom. The van der Waals surface area contributed by atoms with Crippen molar-refractivity contribution >= 4 is 5.82 Å². The van der Waals surface area contributed by atoms with E-state index in [0.29, 0.717) is 5.82 Å². The highest BCUT2D eigenvalue weighted by molar-refractivity contribution is 5.70. The van der Waals surface area contributed by atoms with Crippen LogP contribution in [0.3, 0.4) is 0 Å². The Balaban J connectivity index is 1.72. The zero-order valence-electron chi connectivity index (χ0n) is 11.7. The monoisotopic (exact) mass is 271 g/mol. The van der Waals surface area contributed by atoms with Crippen LogP contribution < -0.4 is 5.73 Å². The maximum Gasteiger partial charge on any atom is 0.132 e. The minimum absolute atomic E-state index is 0.562. The summed E-state index contributed by atoms with van der Waals surface area (Å²) < 4.78 is 2.17. The highest BCUT2D eigenvalue weighted by atomic mass is 15.2. The van der Waals surface area contributed by atoms with Crippen LogP contribution in [0, 0.1) is 0 Å². The number of piperidine rings is 1. The topological polar surface area (TPSA) is 60.0 Å². The molecule has 20 heavy (non-hydrogen) atoms. The highest BCUT2D eigenvalue weighted by Gasteiger charge is 2.12. The normalized spacial score (nSPS) is 16.4. The predicted molar refractivity (Wildman–Crippen MR) is 80.2 cm³/mol. The standard InChI is InChI=1S/C15H21N5/c16-15-13(5-4-6-18-15)14-11-17-12-20(14)10-9-19-7-2-1-3-8-19/h4-6,11-12H,1-3,7-10H2,(H2,16,18). The van der Waals surface area contributed by atoms with Crippen LogP contribution in [0.4, 0.5) is 5.82 Å². The number of anilines is 1. The van der Waals surface area contributed by atoms with E-state index in [-0.39, 0.29) is 0 Å². The summed E-state index contributed by atoms with van der Waals surface area (Å²) in [4.78, 5) is 10.9. The fourth-order valence-electron chi connectivity index (χ4n) is 2.79. The predicted octanol–water partition coefficient (Wildman–Crippen LogP) is 2.01. The quantitative estimate of drug-likeness (QED) is 0.924. The molecule has 5 nitrogen and oxygen atoms in total. The molecule has 0 radical (unpaired) electrons. The van der Waals surface area contributed by atoms with E-state index in [4.69, 9.17) is 5.73 Å².